The van der Waals surface area contributed by atoms with E-state index in [2.05, 4.69) is 10.6 Å². The van der Waals surface area contributed by atoms with Crippen LogP contribution in [0.1, 0.15) is 24.8 Å². The maximum absolute atomic E-state index is 12.7. The predicted octanol–water partition coefficient (Wildman–Crippen LogP) is -0.663. The van der Waals surface area contributed by atoms with Crippen LogP contribution in [0.5, 0.6) is 0 Å². The van der Waals surface area contributed by atoms with Gasteiger partial charge in [-0.15, -0.1) is 0 Å². The highest BCUT2D eigenvalue weighted by atomic mass is 16.4. The molecule has 31 heavy (non-hydrogen) atoms. The van der Waals surface area contributed by atoms with Gasteiger partial charge in [0, 0.05) is 25.1 Å². The van der Waals surface area contributed by atoms with Gasteiger partial charge in [-0.05, 0) is 24.8 Å². The molecule has 10 heteroatoms. The molecule has 1 aromatic carbocycles. The van der Waals surface area contributed by atoms with E-state index in [0.717, 1.165) is 10.5 Å². The van der Waals surface area contributed by atoms with Crippen molar-refractivity contribution in [3.63, 3.8) is 0 Å². The number of amides is 4. The summed E-state index contributed by atoms with van der Waals surface area (Å²) in [5, 5.41) is 14.4. The third-order valence-corrected chi connectivity index (χ3v) is 4.76. The first-order valence-electron chi connectivity index (χ1n) is 9.92. The van der Waals surface area contributed by atoms with E-state index in [0.29, 0.717) is 12.8 Å². The molecule has 10 nitrogen and oxygen atoms in total. The molecule has 1 aliphatic heterocycles. The first-order valence-corrected chi connectivity index (χ1v) is 9.92. The Balaban J connectivity index is 1.92. The summed E-state index contributed by atoms with van der Waals surface area (Å²) in [5.41, 5.74) is 6.11. The molecule has 0 aliphatic carbocycles. The zero-order valence-electron chi connectivity index (χ0n) is 17.0. The predicted molar refractivity (Wildman–Crippen MR) is 110 cm³/mol. The van der Waals surface area contributed by atoms with E-state index in [9.17, 15) is 29.1 Å². The molecule has 2 rings (SSSR count). The SMILES string of the molecule is NCC(=O)N[C@@H](Cc1ccccc1)C(=O)N[C@@H](CCCCN1C(=O)C=CC1=O)C(=O)O. The molecule has 0 fully saturated rings. The van der Waals surface area contributed by atoms with E-state index in [1.165, 1.54) is 12.2 Å². The Labute approximate surface area is 179 Å². The molecule has 0 radical (unpaired) electrons. The minimum atomic E-state index is -1.22. The van der Waals surface area contributed by atoms with E-state index in [4.69, 9.17) is 5.73 Å². The Morgan fingerprint density at radius 3 is 2.19 bits per heavy atom. The Hall–Kier alpha value is -3.53. The van der Waals surface area contributed by atoms with E-state index >= 15 is 0 Å². The molecule has 0 unspecified atom stereocenters. The van der Waals surface area contributed by atoms with Gasteiger partial charge in [-0.25, -0.2) is 4.79 Å². The third kappa shape index (κ3) is 7.34. The molecule has 1 aliphatic rings. The van der Waals surface area contributed by atoms with Crippen LogP contribution in [0.3, 0.4) is 0 Å². The maximum Gasteiger partial charge on any atom is 0.326 e. The highest BCUT2D eigenvalue weighted by Gasteiger charge is 2.27. The summed E-state index contributed by atoms with van der Waals surface area (Å²) in [6.07, 6.45) is 3.42. The fourth-order valence-electron chi connectivity index (χ4n) is 3.11. The number of carbonyl (C=O) groups is 5. The van der Waals surface area contributed by atoms with Crippen molar-refractivity contribution < 1.29 is 29.1 Å². The van der Waals surface area contributed by atoms with Crippen LogP contribution >= 0.6 is 0 Å². The number of rotatable bonds is 12. The summed E-state index contributed by atoms with van der Waals surface area (Å²) in [5.74, 6) is -3.17. The van der Waals surface area contributed by atoms with E-state index in [-0.39, 0.29) is 25.9 Å². The molecule has 166 valence electrons. The van der Waals surface area contributed by atoms with E-state index < -0.39 is 41.7 Å². The van der Waals surface area contributed by atoms with Crippen LogP contribution in [0.15, 0.2) is 42.5 Å². The summed E-state index contributed by atoms with van der Waals surface area (Å²) in [4.78, 5) is 60.2. The lowest BCUT2D eigenvalue weighted by Gasteiger charge is -2.22. The fourth-order valence-corrected chi connectivity index (χ4v) is 3.11. The second-order valence-corrected chi connectivity index (χ2v) is 7.07. The van der Waals surface area contributed by atoms with Crippen molar-refractivity contribution in [2.24, 2.45) is 5.73 Å². The van der Waals surface area contributed by atoms with Crippen molar-refractivity contribution in [1.29, 1.82) is 0 Å². The molecule has 4 amide bonds. The van der Waals surface area contributed by atoms with Crippen LogP contribution in [0.25, 0.3) is 0 Å². The van der Waals surface area contributed by atoms with Crippen LogP contribution in [0.4, 0.5) is 0 Å². The van der Waals surface area contributed by atoms with E-state index in [1.54, 1.807) is 24.3 Å². The van der Waals surface area contributed by atoms with Crippen LogP contribution in [-0.2, 0) is 30.4 Å². The van der Waals surface area contributed by atoms with Crippen molar-refractivity contribution in [3.8, 4) is 0 Å². The number of carboxylic acids is 1. The highest BCUT2D eigenvalue weighted by molar-refractivity contribution is 6.12. The summed E-state index contributed by atoms with van der Waals surface area (Å²) >= 11 is 0. The molecule has 0 bridgehead atoms. The molecular weight excluding hydrogens is 404 g/mol. The second-order valence-electron chi connectivity index (χ2n) is 7.07. The molecule has 0 aromatic heterocycles. The standard InChI is InChI=1S/C21H26N4O6/c22-13-17(26)23-16(12-14-6-2-1-3-7-14)20(29)24-15(21(30)31)8-4-5-11-25-18(27)9-10-19(25)28/h1-3,6-7,9-10,15-16H,4-5,8,11-13,22H2,(H,23,26)(H,24,29)(H,30,31)/t15-,16-/m0/s1. The number of nitrogens with zero attached hydrogens (tertiary/aromatic N) is 1. The Morgan fingerprint density at radius 1 is 0.968 bits per heavy atom. The minimum Gasteiger partial charge on any atom is -0.480 e. The largest absolute Gasteiger partial charge is 0.480 e. The summed E-state index contributed by atoms with van der Waals surface area (Å²) in [6.45, 7) is -0.127. The van der Waals surface area contributed by atoms with Gasteiger partial charge in [-0.3, -0.25) is 24.1 Å². The number of benzene rings is 1. The Morgan fingerprint density at radius 2 is 1.61 bits per heavy atom. The number of nitrogens with one attached hydrogen (secondary N) is 2. The quantitative estimate of drug-likeness (QED) is 0.253. The summed E-state index contributed by atoms with van der Waals surface area (Å²) < 4.78 is 0. The average Bonchev–Trinajstić information content (AvgIpc) is 3.07. The third-order valence-electron chi connectivity index (χ3n) is 4.76. The number of imide groups is 1. The van der Waals surface area contributed by atoms with Gasteiger partial charge in [-0.2, -0.15) is 0 Å². The average molecular weight is 430 g/mol. The zero-order chi connectivity index (χ0) is 22.8. The molecular formula is C21H26N4O6. The Kier molecular flexibility index (Phi) is 8.89. The molecule has 1 heterocycles. The molecule has 1 aromatic rings. The van der Waals surface area contributed by atoms with Crippen LogP contribution in [0.2, 0.25) is 0 Å². The number of carboxylic acid groups (broad SMARTS) is 1. The molecule has 0 saturated heterocycles. The fraction of sp³-hybridized carbons (Fsp3) is 0.381. The number of carbonyl (C=O) groups excluding carboxylic acids is 4. The normalized spacial score (nSPS) is 14.9. The van der Waals surface area contributed by atoms with Gasteiger partial charge >= 0.3 is 5.97 Å². The van der Waals surface area contributed by atoms with Crippen molar-refractivity contribution in [2.45, 2.75) is 37.8 Å². The van der Waals surface area contributed by atoms with Crippen molar-refractivity contribution in [2.75, 3.05) is 13.1 Å². The lowest BCUT2D eigenvalue weighted by atomic mass is 10.0. The summed E-state index contributed by atoms with van der Waals surface area (Å²) in [7, 11) is 0. The number of hydrogen-bond donors (Lipinski definition) is 4. The van der Waals surface area contributed by atoms with Gasteiger partial charge in [0.1, 0.15) is 12.1 Å². The maximum atomic E-state index is 12.7. The Bertz CT molecular complexity index is 837. The van der Waals surface area contributed by atoms with Gasteiger partial charge in [0.2, 0.25) is 11.8 Å². The number of aliphatic carboxylic acids is 1. The first-order chi connectivity index (χ1) is 14.8. The topological polar surface area (TPSA) is 159 Å². The van der Waals surface area contributed by atoms with Crippen molar-refractivity contribution in [1.82, 2.24) is 15.5 Å². The monoisotopic (exact) mass is 430 g/mol. The van der Waals surface area contributed by atoms with Crippen molar-refractivity contribution in [3.05, 3.63) is 48.0 Å². The molecule has 5 N–H and O–H groups in total. The van der Waals surface area contributed by atoms with Gasteiger partial charge in [-0.1, -0.05) is 30.3 Å². The molecule has 2 atom stereocenters. The van der Waals surface area contributed by atoms with Gasteiger partial charge in [0.25, 0.3) is 11.8 Å². The van der Waals surface area contributed by atoms with Crippen LogP contribution in [-0.4, -0.2) is 64.8 Å². The highest BCUT2D eigenvalue weighted by Crippen LogP contribution is 2.09. The van der Waals surface area contributed by atoms with Crippen molar-refractivity contribution >= 4 is 29.6 Å². The zero-order valence-corrected chi connectivity index (χ0v) is 17.0. The second kappa shape index (κ2) is 11.6. The van der Waals surface area contributed by atoms with Gasteiger partial charge in [0.05, 0.1) is 6.54 Å². The van der Waals surface area contributed by atoms with Gasteiger partial charge < -0.3 is 21.5 Å². The molecule has 0 saturated carbocycles. The van der Waals surface area contributed by atoms with Crippen LogP contribution in [0, 0.1) is 0 Å². The molecule has 0 spiro atoms. The van der Waals surface area contributed by atoms with E-state index in [1.807, 2.05) is 6.07 Å². The lowest BCUT2D eigenvalue weighted by molar-refractivity contribution is -0.142. The number of unbranched alkanes of at least 4 members (excludes halogenated alkanes) is 1. The smallest absolute Gasteiger partial charge is 0.326 e. The first kappa shape index (κ1) is 23.7. The number of hydrogen-bond acceptors (Lipinski definition) is 6. The minimum absolute atomic E-state index is 0.105. The lowest BCUT2D eigenvalue weighted by Crippen LogP contribution is -2.53. The summed E-state index contributed by atoms with van der Waals surface area (Å²) in [6, 6.07) is 6.83. The van der Waals surface area contributed by atoms with Gasteiger partial charge in [0.15, 0.2) is 0 Å². The van der Waals surface area contributed by atoms with Crippen LogP contribution < -0.4 is 16.4 Å². The number of nitrogens with two attached hydrogens (primary N) is 1.